The van der Waals surface area contributed by atoms with Gasteiger partial charge in [-0.25, -0.2) is 0 Å². The molecule has 1 amide bonds. The Kier molecular flexibility index (Phi) is 3.22. The fourth-order valence-electron chi connectivity index (χ4n) is 2.22. The van der Waals surface area contributed by atoms with Crippen molar-refractivity contribution in [2.75, 3.05) is 6.54 Å². The zero-order chi connectivity index (χ0) is 13.2. The number of aliphatic hydroxyl groups is 1. The Bertz CT molecular complexity index is 604. The van der Waals surface area contributed by atoms with E-state index >= 15 is 0 Å². The minimum atomic E-state index is -0.646. The highest BCUT2D eigenvalue weighted by atomic mass is 16.3. The van der Waals surface area contributed by atoms with Gasteiger partial charge in [-0.05, 0) is 35.2 Å². The van der Waals surface area contributed by atoms with Crippen LogP contribution in [0.5, 0.6) is 0 Å². The number of carbonyl (C=O) groups excluding carboxylic acids is 1. The number of benzene rings is 2. The van der Waals surface area contributed by atoms with Crippen LogP contribution < -0.4 is 5.32 Å². The van der Waals surface area contributed by atoms with Crippen molar-refractivity contribution in [3.8, 4) is 0 Å². The van der Waals surface area contributed by atoms with E-state index in [0.29, 0.717) is 0 Å². The molecule has 0 bridgehead atoms. The highest BCUT2D eigenvalue weighted by molar-refractivity contribution is 5.83. The lowest BCUT2D eigenvalue weighted by atomic mass is 10.0. The second kappa shape index (κ2) is 5.02. The molecule has 1 atom stereocenters. The van der Waals surface area contributed by atoms with Crippen molar-refractivity contribution < 1.29 is 9.90 Å². The van der Waals surface area contributed by atoms with Gasteiger partial charge in [-0.3, -0.25) is 4.79 Å². The molecular formula is C16H17NO2. The number of fused-ring (bicyclic) bond motifs is 1. The van der Waals surface area contributed by atoms with Crippen molar-refractivity contribution in [2.24, 2.45) is 5.92 Å². The van der Waals surface area contributed by atoms with Crippen LogP contribution in [0, 0.1) is 5.92 Å². The number of aliphatic hydroxyl groups excluding tert-OH is 1. The minimum absolute atomic E-state index is 0.0693. The quantitative estimate of drug-likeness (QED) is 0.881. The summed E-state index contributed by atoms with van der Waals surface area (Å²) in [6.45, 7) is 0.285. The normalized spacial score (nSPS) is 16.3. The summed E-state index contributed by atoms with van der Waals surface area (Å²) in [5.74, 6) is 0.253. The van der Waals surface area contributed by atoms with Gasteiger partial charge in [0.15, 0.2) is 0 Å². The standard InChI is InChI=1S/C16H17NO2/c18-15(10-17-16(19)12-6-7-12)14-8-5-11-3-1-2-4-13(11)9-14/h1-5,8-9,12,15,18H,6-7,10H2,(H,17,19). The fraction of sp³-hybridized carbons (Fsp3) is 0.312. The average Bonchev–Trinajstić information content (AvgIpc) is 3.28. The highest BCUT2D eigenvalue weighted by Crippen LogP contribution is 2.29. The van der Waals surface area contributed by atoms with E-state index in [1.807, 2.05) is 42.5 Å². The molecule has 2 N–H and O–H groups in total. The molecule has 0 aliphatic heterocycles. The summed E-state index contributed by atoms with van der Waals surface area (Å²) in [6, 6.07) is 13.9. The van der Waals surface area contributed by atoms with E-state index in [-0.39, 0.29) is 18.4 Å². The summed E-state index contributed by atoms with van der Waals surface area (Å²) < 4.78 is 0. The Balaban J connectivity index is 1.69. The lowest BCUT2D eigenvalue weighted by Crippen LogP contribution is -2.29. The van der Waals surface area contributed by atoms with E-state index in [4.69, 9.17) is 0 Å². The van der Waals surface area contributed by atoms with Crippen LogP contribution in [0.2, 0.25) is 0 Å². The Labute approximate surface area is 112 Å². The van der Waals surface area contributed by atoms with Crippen molar-refractivity contribution >= 4 is 16.7 Å². The van der Waals surface area contributed by atoms with Gasteiger partial charge in [0.25, 0.3) is 0 Å². The van der Waals surface area contributed by atoms with E-state index < -0.39 is 6.10 Å². The molecule has 3 nitrogen and oxygen atoms in total. The second-order valence-electron chi connectivity index (χ2n) is 5.14. The largest absolute Gasteiger partial charge is 0.387 e. The van der Waals surface area contributed by atoms with Crippen LogP contribution in [-0.2, 0) is 4.79 Å². The number of amides is 1. The molecule has 1 aliphatic carbocycles. The van der Waals surface area contributed by atoms with Gasteiger partial charge in [0, 0.05) is 12.5 Å². The predicted octanol–water partition coefficient (Wildman–Crippen LogP) is 2.40. The molecule has 1 saturated carbocycles. The third kappa shape index (κ3) is 2.76. The highest BCUT2D eigenvalue weighted by Gasteiger charge is 2.29. The van der Waals surface area contributed by atoms with Crippen LogP contribution in [0.1, 0.15) is 24.5 Å². The summed E-state index contributed by atoms with van der Waals surface area (Å²) in [5.41, 5.74) is 0.842. The maximum absolute atomic E-state index is 11.5. The molecule has 3 rings (SSSR count). The van der Waals surface area contributed by atoms with Gasteiger partial charge >= 0.3 is 0 Å². The van der Waals surface area contributed by atoms with Gasteiger partial charge in [0.05, 0.1) is 6.10 Å². The summed E-state index contributed by atoms with van der Waals surface area (Å²) in [4.78, 5) is 11.5. The smallest absolute Gasteiger partial charge is 0.223 e. The van der Waals surface area contributed by atoms with Gasteiger partial charge in [-0.2, -0.15) is 0 Å². The van der Waals surface area contributed by atoms with Crippen LogP contribution in [0.25, 0.3) is 10.8 Å². The molecule has 1 fully saturated rings. The van der Waals surface area contributed by atoms with Gasteiger partial charge in [0.2, 0.25) is 5.91 Å². The number of hydrogen-bond donors (Lipinski definition) is 2. The van der Waals surface area contributed by atoms with E-state index in [0.717, 1.165) is 29.2 Å². The minimum Gasteiger partial charge on any atom is -0.387 e. The molecule has 1 aliphatic rings. The molecule has 98 valence electrons. The maximum Gasteiger partial charge on any atom is 0.223 e. The van der Waals surface area contributed by atoms with Crippen LogP contribution in [0.3, 0.4) is 0 Å². The Morgan fingerprint density at radius 2 is 1.95 bits per heavy atom. The van der Waals surface area contributed by atoms with Crippen LogP contribution in [0.4, 0.5) is 0 Å². The molecule has 1 unspecified atom stereocenters. The Morgan fingerprint density at radius 1 is 1.21 bits per heavy atom. The zero-order valence-corrected chi connectivity index (χ0v) is 10.7. The summed E-state index contributed by atoms with van der Waals surface area (Å²) in [5, 5.41) is 15.2. The maximum atomic E-state index is 11.5. The first kappa shape index (κ1) is 12.2. The lowest BCUT2D eigenvalue weighted by molar-refractivity contribution is -0.122. The number of hydrogen-bond acceptors (Lipinski definition) is 2. The molecular weight excluding hydrogens is 238 g/mol. The van der Waals surface area contributed by atoms with E-state index in [1.54, 1.807) is 0 Å². The van der Waals surface area contributed by atoms with Crippen molar-refractivity contribution in [3.63, 3.8) is 0 Å². The first-order chi connectivity index (χ1) is 9.24. The third-order valence-electron chi connectivity index (χ3n) is 3.58. The predicted molar refractivity (Wildman–Crippen MR) is 74.6 cm³/mol. The van der Waals surface area contributed by atoms with Gasteiger partial charge in [0.1, 0.15) is 0 Å². The fourth-order valence-corrected chi connectivity index (χ4v) is 2.22. The zero-order valence-electron chi connectivity index (χ0n) is 10.7. The summed E-state index contributed by atoms with van der Waals surface area (Å²) in [7, 11) is 0. The molecule has 3 heteroatoms. The summed E-state index contributed by atoms with van der Waals surface area (Å²) in [6.07, 6.45) is 1.32. The van der Waals surface area contributed by atoms with Crippen LogP contribution >= 0.6 is 0 Å². The van der Waals surface area contributed by atoms with Crippen molar-refractivity contribution in [2.45, 2.75) is 18.9 Å². The average molecular weight is 255 g/mol. The molecule has 0 saturated heterocycles. The van der Waals surface area contributed by atoms with E-state index in [2.05, 4.69) is 5.32 Å². The van der Waals surface area contributed by atoms with Crippen molar-refractivity contribution in [1.82, 2.24) is 5.32 Å². The first-order valence-electron chi connectivity index (χ1n) is 6.68. The molecule has 0 heterocycles. The molecule has 0 aromatic heterocycles. The molecule has 2 aromatic rings. The third-order valence-corrected chi connectivity index (χ3v) is 3.58. The lowest BCUT2D eigenvalue weighted by Gasteiger charge is -2.13. The van der Waals surface area contributed by atoms with Crippen LogP contribution in [0.15, 0.2) is 42.5 Å². The SMILES string of the molecule is O=C(NCC(O)c1ccc2ccccc2c1)C1CC1. The first-order valence-corrected chi connectivity index (χ1v) is 6.68. The number of nitrogens with one attached hydrogen (secondary N) is 1. The Hall–Kier alpha value is -1.87. The molecule has 19 heavy (non-hydrogen) atoms. The Morgan fingerprint density at radius 3 is 2.68 bits per heavy atom. The van der Waals surface area contributed by atoms with E-state index in [1.165, 1.54) is 0 Å². The van der Waals surface area contributed by atoms with Crippen molar-refractivity contribution in [3.05, 3.63) is 48.0 Å². The van der Waals surface area contributed by atoms with Gasteiger partial charge in [-0.1, -0.05) is 36.4 Å². The van der Waals surface area contributed by atoms with Gasteiger partial charge in [-0.15, -0.1) is 0 Å². The second-order valence-corrected chi connectivity index (χ2v) is 5.14. The summed E-state index contributed by atoms with van der Waals surface area (Å²) >= 11 is 0. The van der Waals surface area contributed by atoms with Crippen LogP contribution in [-0.4, -0.2) is 17.6 Å². The molecule has 2 aromatic carbocycles. The molecule has 0 radical (unpaired) electrons. The molecule has 0 spiro atoms. The van der Waals surface area contributed by atoms with Gasteiger partial charge < -0.3 is 10.4 Å². The van der Waals surface area contributed by atoms with E-state index in [9.17, 15) is 9.90 Å². The number of carbonyl (C=O) groups is 1. The van der Waals surface area contributed by atoms with Crippen molar-refractivity contribution in [1.29, 1.82) is 0 Å². The number of rotatable bonds is 4. The monoisotopic (exact) mass is 255 g/mol. The topological polar surface area (TPSA) is 49.3 Å².